The van der Waals surface area contributed by atoms with Crippen LogP contribution in [0.2, 0.25) is 0 Å². The van der Waals surface area contributed by atoms with E-state index in [9.17, 15) is 4.79 Å². The summed E-state index contributed by atoms with van der Waals surface area (Å²) in [7, 11) is 0. The fourth-order valence-corrected chi connectivity index (χ4v) is 2.77. The van der Waals surface area contributed by atoms with E-state index in [1.54, 1.807) is 18.5 Å². The van der Waals surface area contributed by atoms with Gasteiger partial charge in [-0.15, -0.1) is 0 Å². The highest BCUT2D eigenvalue weighted by atomic mass is 79.9. The number of piperidine rings is 1. The third-order valence-electron chi connectivity index (χ3n) is 3.36. The Hall–Kier alpha value is -0.940. The van der Waals surface area contributed by atoms with Crippen LogP contribution in [0, 0.1) is 11.8 Å². The second-order valence-corrected chi connectivity index (χ2v) is 5.29. The summed E-state index contributed by atoms with van der Waals surface area (Å²) in [5.74, 6) is 1.27. The lowest BCUT2D eigenvalue weighted by Crippen LogP contribution is -2.32. The number of fused-ring (bicyclic) bond motifs is 1. The highest BCUT2D eigenvalue weighted by molar-refractivity contribution is 9.10. The minimum atomic E-state index is -0.0202. The zero-order valence-electron chi connectivity index (χ0n) is 8.61. The smallest absolute Gasteiger partial charge is 0.253 e. The summed E-state index contributed by atoms with van der Waals surface area (Å²) in [6.07, 6.45) is 3.27. The monoisotopic (exact) mass is 281 g/mol. The van der Waals surface area contributed by atoms with Gasteiger partial charge in [0, 0.05) is 36.0 Å². The van der Waals surface area contributed by atoms with E-state index in [1.807, 2.05) is 0 Å². The van der Waals surface area contributed by atoms with Crippen LogP contribution in [-0.4, -0.2) is 30.0 Å². The lowest BCUT2D eigenvalue weighted by Gasteiger charge is -2.07. The van der Waals surface area contributed by atoms with Crippen LogP contribution in [0.4, 0.5) is 0 Å². The van der Waals surface area contributed by atoms with Crippen molar-refractivity contribution in [3.05, 3.63) is 28.5 Å². The number of nitrogens with one attached hydrogen (secondary N) is 2. The number of carbonyl (C=O) groups is 1. The van der Waals surface area contributed by atoms with Crippen molar-refractivity contribution in [1.29, 1.82) is 0 Å². The Kier molecular flexibility index (Phi) is 2.44. The maximum Gasteiger partial charge on any atom is 0.253 e. The molecule has 1 amide bonds. The topological polar surface area (TPSA) is 54.0 Å². The Bertz CT molecular complexity index is 427. The molecule has 1 saturated carbocycles. The third kappa shape index (κ3) is 1.74. The molecule has 0 radical (unpaired) electrons. The van der Waals surface area contributed by atoms with Crippen molar-refractivity contribution >= 4 is 21.8 Å². The summed E-state index contributed by atoms with van der Waals surface area (Å²) in [5, 5.41) is 6.36. The molecule has 1 saturated heterocycles. The molecule has 16 heavy (non-hydrogen) atoms. The van der Waals surface area contributed by atoms with Gasteiger partial charge in [-0.05, 0) is 33.8 Å². The number of nitrogens with zero attached hydrogens (tertiary/aromatic N) is 1. The molecule has 4 nitrogen and oxygen atoms in total. The van der Waals surface area contributed by atoms with Gasteiger partial charge in [0.1, 0.15) is 0 Å². The van der Waals surface area contributed by atoms with Crippen molar-refractivity contribution in [2.75, 3.05) is 13.1 Å². The number of halogens is 1. The molecule has 1 aliphatic carbocycles. The fourth-order valence-electron chi connectivity index (χ4n) is 2.40. The van der Waals surface area contributed by atoms with Gasteiger partial charge >= 0.3 is 0 Å². The van der Waals surface area contributed by atoms with Gasteiger partial charge in [0.05, 0.1) is 5.56 Å². The first-order valence-electron chi connectivity index (χ1n) is 5.38. The van der Waals surface area contributed by atoms with E-state index in [0.717, 1.165) is 17.6 Å². The minimum absolute atomic E-state index is 0.0202. The Balaban J connectivity index is 1.66. The average Bonchev–Trinajstić information content (AvgIpc) is 2.74. The number of hydrogen-bond donors (Lipinski definition) is 2. The van der Waals surface area contributed by atoms with Gasteiger partial charge < -0.3 is 10.6 Å². The molecule has 0 bridgehead atoms. The number of rotatable bonds is 2. The first kappa shape index (κ1) is 10.2. The molecular formula is C11H12BrN3O. The van der Waals surface area contributed by atoms with Gasteiger partial charge in [0.25, 0.3) is 5.91 Å². The summed E-state index contributed by atoms with van der Waals surface area (Å²) in [4.78, 5) is 15.9. The average molecular weight is 282 g/mol. The predicted molar refractivity (Wildman–Crippen MR) is 63.0 cm³/mol. The molecule has 3 rings (SSSR count). The van der Waals surface area contributed by atoms with E-state index in [2.05, 4.69) is 31.5 Å². The highest BCUT2D eigenvalue weighted by Crippen LogP contribution is 2.41. The molecule has 2 unspecified atom stereocenters. The molecule has 1 aromatic heterocycles. The molecule has 2 atom stereocenters. The van der Waals surface area contributed by atoms with E-state index in [1.165, 1.54) is 0 Å². The molecule has 0 aromatic carbocycles. The predicted octanol–water partition coefficient (Wildman–Crippen LogP) is 0.792. The van der Waals surface area contributed by atoms with Crippen LogP contribution in [0.3, 0.4) is 0 Å². The van der Waals surface area contributed by atoms with Crippen molar-refractivity contribution in [2.24, 2.45) is 11.8 Å². The van der Waals surface area contributed by atoms with Crippen LogP contribution in [0.25, 0.3) is 0 Å². The van der Waals surface area contributed by atoms with Crippen LogP contribution in [0.5, 0.6) is 0 Å². The molecule has 2 fully saturated rings. The van der Waals surface area contributed by atoms with E-state index in [0.29, 0.717) is 23.4 Å². The zero-order chi connectivity index (χ0) is 11.1. The van der Waals surface area contributed by atoms with Crippen molar-refractivity contribution in [2.45, 2.75) is 6.04 Å². The Morgan fingerprint density at radius 2 is 2.19 bits per heavy atom. The van der Waals surface area contributed by atoms with Gasteiger partial charge in [0.15, 0.2) is 0 Å². The number of amides is 1. The van der Waals surface area contributed by atoms with E-state index in [4.69, 9.17) is 0 Å². The maximum absolute atomic E-state index is 11.9. The molecule has 84 valence electrons. The summed E-state index contributed by atoms with van der Waals surface area (Å²) in [6, 6.07) is 2.16. The Morgan fingerprint density at radius 3 is 2.88 bits per heavy atom. The van der Waals surface area contributed by atoms with Crippen LogP contribution >= 0.6 is 15.9 Å². The number of carbonyl (C=O) groups excluding carboxylic acids is 1. The minimum Gasteiger partial charge on any atom is -0.349 e. The van der Waals surface area contributed by atoms with E-state index >= 15 is 0 Å². The second kappa shape index (κ2) is 3.82. The maximum atomic E-state index is 11.9. The van der Waals surface area contributed by atoms with Gasteiger partial charge in [-0.2, -0.15) is 0 Å². The van der Waals surface area contributed by atoms with Gasteiger partial charge in [-0.25, -0.2) is 0 Å². The molecule has 5 heteroatoms. The van der Waals surface area contributed by atoms with Gasteiger partial charge in [-0.1, -0.05) is 0 Å². The first-order chi connectivity index (χ1) is 7.75. The molecule has 2 N–H and O–H groups in total. The summed E-state index contributed by atoms with van der Waals surface area (Å²) in [5.41, 5.74) is 0.618. The molecule has 2 heterocycles. The molecule has 1 aliphatic heterocycles. The number of aromatic nitrogens is 1. The molecular weight excluding hydrogens is 270 g/mol. The molecule has 2 aliphatic rings. The zero-order valence-corrected chi connectivity index (χ0v) is 10.2. The van der Waals surface area contributed by atoms with Crippen LogP contribution < -0.4 is 10.6 Å². The first-order valence-corrected chi connectivity index (χ1v) is 6.17. The lowest BCUT2D eigenvalue weighted by molar-refractivity contribution is 0.0946. The number of hydrogen-bond acceptors (Lipinski definition) is 3. The van der Waals surface area contributed by atoms with Crippen molar-refractivity contribution in [3.8, 4) is 0 Å². The molecule has 0 spiro atoms. The standard InChI is InChI=1S/C11H12BrN3O/c12-7-1-6(2-13-3-7)11(16)15-10-8-4-14-5-9(8)10/h1-3,8-10,14H,4-5H2,(H,15,16). The Labute approximate surface area is 102 Å². The van der Waals surface area contributed by atoms with Crippen molar-refractivity contribution in [1.82, 2.24) is 15.6 Å². The van der Waals surface area contributed by atoms with Gasteiger partial charge in [0.2, 0.25) is 0 Å². The van der Waals surface area contributed by atoms with Crippen LogP contribution in [0.15, 0.2) is 22.9 Å². The van der Waals surface area contributed by atoms with E-state index < -0.39 is 0 Å². The largest absolute Gasteiger partial charge is 0.349 e. The highest BCUT2D eigenvalue weighted by Gasteiger charge is 2.53. The van der Waals surface area contributed by atoms with Crippen LogP contribution in [0.1, 0.15) is 10.4 Å². The summed E-state index contributed by atoms with van der Waals surface area (Å²) >= 11 is 3.31. The van der Waals surface area contributed by atoms with Gasteiger partial charge in [-0.3, -0.25) is 9.78 Å². The normalized spacial score (nSPS) is 30.9. The number of pyridine rings is 1. The quantitative estimate of drug-likeness (QED) is 0.843. The van der Waals surface area contributed by atoms with Crippen molar-refractivity contribution < 1.29 is 4.79 Å². The summed E-state index contributed by atoms with van der Waals surface area (Å²) < 4.78 is 0.831. The SMILES string of the molecule is O=C(NC1C2CNCC21)c1cncc(Br)c1. The lowest BCUT2D eigenvalue weighted by atomic mass is 10.2. The van der Waals surface area contributed by atoms with Crippen molar-refractivity contribution in [3.63, 3.8) is 0 Å². The molecule has 1 aromatic rings. The van der Waals surface area contributed by atoms with Crippen LogP contribution in [-0.2, 0) is 0 Å². The third-order valence-corrected chi connectivity index (χ3v) is 3.79. The fraction of sp³-hybridized carbons (Fsp3) is 0.455. The Morgan fingerprint density at radius 1 is 1.44 bits per heavy atom. The van der Waals surface area contributed by atoms with E-state index in [-0.39, 0.29) is 5.91 Å². The second-order valence-electron chi connectivity index (χ2n) is 4.38. The summed E-state index contributed by atoms with van der Waals surface area (Å²) in [6.45, 7) is 2.07.